The van der Waals surface area contributed by atoms with E-state index in [4.69, 9.17) is 0 Å². The lowest BCUT2D eigenvalue weighted by Gasteiger charge is -1.98. The fourth-order valence-electron chi connectivity index (χ4n) is 1.25. The number of hydrogen-bond acceptors (Lipinski definition) is 1. The van der Waals surface area contributed by atoms with E-state index < -0.39 is 11.6 Å². The molecule has 0 radical (unpaired) electrons. The Morgan fingerprint density at radius 1 is 1.29 bits per heavy atom. The van der Waals surface area contributed by atoms with Crippen molar-refractivity contribution in [3.63, 3.8) is 0 Å². The number of benzene rings is 1. The smallest absolute Gasteiger partial charge is 0.135 e. The normalized spacial score (nSPS) is 10.5. The summed E-state index contributed by atoms with van der Waals surface area (Å²) in [6.07, 6.45) is 3.24. The first kappa shape index (κ1) is 8.87. The summed E-state index contributed by atoms with van der Waals surface area (Å²) < 4.78 is 27.6. The van der Waals surface area contributed by atoms with Gasteiger partial charge >= 0.3 is 0 Å². The van der Waals surface area contributed by atoms with E-state index in [1.165, 1.54) is 12.1 Å². The van der Waals surface area contributed by atoms with Crippen LogP contribution in [-0.4, -0.2) is 9.55 Å². The van der Waals surface area contributed by atoms with Crippen LogP contribution in [0.25, 0.3) is 11.3 Å². The summed E-state index contributed by atoms with van der Waals surface area (Å²) >= 11 is 0. The minimum Gasteiger partial charge on any atom is -0.340 e. The molecule has 0 bridgehead atoms. The maximum absolute atomic E-state index is 13.3. The van der Waals surface area contributed by atoms with Gasteiger partial charge in [0.1, 0.15) is 11.6 Å². The molecule has 2 aromatic rings. The summed E-state index contributed by atoms with van der Waals surface area (Å²) in [6.45, 7) is 0. The Balaban J connectivity index is 2.52. The van der Waals surface area contributed by atoms with E-state index in [-0.39, 0.29) is 0 Å². The van der Waals surface area contributed by atoms with E-state index >= 15 is 0 Å². The van der Waals surface area contributed by atoms with Crippen molar-refractivity contribution >= 4 is 0 Å². The highest BCUT2D eigenvalue weighted by Crippen LogP contribution is 2.20. The number of aryl methyl sites for hydroxylation is 1. The fraction of sp³-hybridized carbons (Fsp3) is 0.100. The van der Waals surface area contributed by atoms with Crippen molar-refractivity contribution in [2.75, 3.05) is 0 Å². The highest BCUT2D eigenvalue weighted by atomic mass is 19.1. The van der Waals surface area contributed by atoms with Gasteiger partial charge in [0.05, 0.1) is 12.0 Å². The average Bonchev–Trinajstić information content (AvgIpc) is 2.51. The van der Waals surface area contributed by atoms with Gasteiger partial charge < -0.3 is 4.57 Å². The van der Waals surface area contributed by atoms with Gasteiger partial charge in [-0.05, 0) is 12.1 Å². The predicted molar refractivity (Wildman–Crippen MR) is 48.6 cm³/mol. The molecule has 0 saturated carbocycles. The minimum absolute atomic E-state index is 0.312. The molecule has 0 amide bonds. The zero-order valence-electron chi connectivity index (χ0n) is 7.54. The Morgan fingerprint density at radius 3 is 2.64 bits per heavy atom. The van der Waals surface area contributed by atoms with Gasteiger partial charge in [-0.2, -0.15) is 0 Å². The van der Waals surface area contributed by atoms with Gasteiger partial charge in [0.15, 0.2) is 0 Å². The molecule has 0 N–H and O–H groups in total. The maximum Gasteiger partial charge on any atom is 0.135 e. The Labute approximate surface area is 79.8 Å². The van der Waals surface area contributed by atoms with E-state index in [0.29, 0.717) is 11.3 Å². The molecular formula is C10H8F2N2. The van der Waals surface area contributed by atoms with Crippen LogP contribution in [0, 0.1) is 11.6 Å². The van der Waals surface area contributed by atoms with Gasteiger partial charge in [-0.15, -0.1) is 0 Å². The van der Waals surface area contributed by atoms with Gasteiger partial charge in [0.25, 0.3) is 0 Å². The molecule has 0 aliphatic heterocycles. The lowest BCUT2D eigenvalue weighted by Crippen LogP contribution is -1.86. The SMILES string of the molecule is Cn1cnc(-c2ccc(F)cc2F)c1. The Hall–Kier alpha value is -1.71. The zero-order chi connectivity index (χ0) is 10.1. The number of imidazole rings is 1. The molecule has 0 spiro atoms. The van der Waals surface area contributed by atoms with Gasteiger partial charge in [-0.1, -0.05) is 0 Å². The molecule has 0 fully saturated rings. The van der Waals surface area contributed by atoms with E-state index in [9.17, 15) is 8.78 Å². The molecule has 72 valence electrons. The van der Waals surface area contributed by atoms with Crippen LogP contribution in [0.3, 0.4) is 0 Å². The molecule has 0 aliphatic rings. The molecule has 0 aliphatic carbocycles. The first-order valence-corrected chi connectivity index (χ1v) is 4.10. The van der Waals surface area contributed by atoms with Crippen molar-refractivity contribution in [2.24, 2.45) is 7.05 Å². The van der Waals surface area contributed by atoms with E-state index in [2.05, 4.69) is 4.98 Å². The van der Waals surface area contributed by atoms with Gasteiger partial charge in [-0.25, -0.2) is 13.8 Å². The molecule has 0 atom stereocenters. The molecule has 2 rings (SSSR count). The molecule has 4 heteroatoms. The lowest BCUT2D eigenvalue weighted by atomic mass is 10.1. The third-order valence-electron chi connectivity index (χ3n) is 1.91. The second kappa shape index (κ2) is 3.21. The Bertz CT molecular complexity index is 463. The lowest BCUT2D eigenvalue weighted by molar-refractivity contribution is 0.585. The van der Waals surface area contributed by atoms with Crippen molar-refractivity contribution in [3.05, 3.63) is 42.4 Å². The second-order valence-electron chi connectivity index (χ2n) is 3.05. The Morgan fingerprint density at radius 2 is 2.07 bits per heavy atom. The number of rotatable bonds is 1. The first-order valence-electron chi connectivity index (χ1n) is 4.10. The van der Waals surface area contributed by atoms with Gasteiger partial charge in [0.2, 0.25) is 0 Å². The predicted octanol–water partition coefficient (Wildman–Crippen LogP) is 2.37. The molecule has 1 aromatic heterocycles. The zero-order valence-corrected chi connectivity index (χ0v) is 7.54. The molecule has 2 nitrogen and oxygen atoms in total. The van der Waals surface area contributed by atoms with Crippen molar-refractivity contribution in [1.82, 2.24) is 9.55 Å². The molecule has 0 saturated heterocycles. The average molecular weight is 194 g/mol. The number of halogens is 2. The second-order valence-corrected chi connectivity index (χ2v) is 3.05. The van der Waals surface area contributed by atoms with E-state index in [1.807, 2.05) is 0 Å². The van der Waals surface area contributed by atoms with Crippen LogP contribution in [0.5, 0.6) is 0 Å². The van der Waals surface area contributed by atoms with Crippen molar-refractivity contribution < 1.29 is 8.78 Å². The summed E-state index contributed by atoms with van der Waals surface area (Å²) in [5.41, 5.74) is 0.817. The maximum atomic E-state index is 13.3. The van der Waals surface area contributed by atoms with Crippen molar-refractivity contribution in [2.45, 2.75) is 0 Å². The number of nitrogens with zero attached hydrogens (tertiary/aromatic N) is 2. The Kier molecular flexibility index (Phi) is 2.04. The van der Waals surface area contributed by atoms with Crippen molar-refractivity contribution in [1.29, 1.82) is 0 Å². The van der Waals surface area contributed by atoms with Crippen LogP contribution in [-0.2, 0) is 7.05 Å². The summed E-state index contributed by atoms with van der Waals surface area (Å²) in [4.78, 5) is 3.98. The van der Waals surface area contributed by atoms with Crippen LogP contribution in [0.15, 0.2) is 30.7 Å². The molecule has 0 unspecified atom stereocenters. The van der Waals surface area contributed by atoms with Crippen LogP contribution in [0.1, 0.15) is 0 Å². The highest BCUT2D eigenvalue weighted by Gasteiger charge is 2.07. The molecular weight excluding hydrogens is 186 g/mol. The highest BCUT2D eigenvalue weighted by molar-refractivity contribution is 5.58. The standard InChI is InChI=1S/C10H8F2N2/c1-14-5-10(13-6-14)8-3-2-7(11)4-9(8)12/h2-6H,1H3. The van der Waals surface area contributed by atoms with Crippen LogP contribution in [0.2, 0.25) is 0 Å². The first-order chi connectivity index (χ1) is 6.66. The van der Waals surface area contributed by atoms with Crippen molar-refractivity contribution in [3.8, 4) is 11.3 Å². The van der Waals surface area contributed by atoms with Gasteiger partial charge in [0, 0.05) is 24.9 Å². The summed E-state index contributed by atoms with van der Waals surface area (Å²) in [5, 5.41) is 0. The topological polar surface area (TPSA) is 17.8 Å². The van der Waals surface area contributed by atoms with Crippen LogP contribution in [0.4, 0.5) is 8.78 Å². The largest absolute Gasteiger partial charge is 0.340 e. The van der Waals surface area contributed by atoms with E-state index in [1.54, 1.807) is 24.1 Å². The van der Waals surface area contributed by atoms with E-state index in [0.717, 1.165) is 6.07 Å². The summed E-state index contributed by atoms with van der Waals surface area (Å²) in [5.74, 6) is -1.18. The minimum atomic E-state index is -0.594. The quantitative estimate of drug-likeness (QED) is 0.681. The molecule has 1 heterocycles. The molecule has 1 aromatic carbocycles. The summed E-state index contributed by atoms with van der Waals surface area (Å²) in [6, 6.07) is 3.45. The summed E-state index contributed by atoms with van der Waals surface area (Å²) in [7, 11) is 1.79. The third kappa shape index (κ3) is 1.51. The third-order valence-corrected chi connectivity index (χ3v) is 1.91. The number of aromatic nitrogens is 2. The van der Waals surface area contributed by atoms with Crippen LogP contribution < -0.4 is 0 Å². The van der Waals surface area contributed by atoms with Gasteiger partial charge in [-0.3, -0.25) is 0 Å². The monoisotopic (exact) mass is 194 g/mol. The molecule has 14 heavy (non-hydrogen) atoms. The van der Waals surface area contributed by atoms with Crippen LogP contribution >= 0.6 is 0 Å². The number of hydrogen-bond donors (Lipinski definition) is 0. The fourth-order valence-corrected chi connectivity index (χ4v) is 1.25.